The molecule has 0 N–H and O–H groups in total. The van der Waals surface area contributed by atoms with Crippen LogP contribution in [-0.2, 0) is 15.0 Å². The van der Waals surface area contributed by atoms with Gasteiger partial charge in [-0.15, -0.1) is 23.1 Å². The second kappa shape index (κ2) is 6.81. The van der Waals surface area contributed by atoms with Gasteiger partial charge in [0.15, 0.2) is 0 Å². The number of imide groups is 1. The number of thioether (sulfide) groups is 1. The van der Waals surface area contributed by atoms with Crippen molar-refractivity contribution >= 4 is 46.2 Å². The molecule has 0 atom stereocenters. The summed E-state index contributed by atoms with van der Waals surface area (Å²) in [6, 6.07) is 11.5. The van der Waals surface area contributed by atoms with E-state index in [2.05, 4.69) is 20.8 Å². The maximum Gasteiger partial charge on any atom is 0.272 e. The molecule has 1 aromatic carbocycles. The quantitative estimate of drug-likeness (QED) is 0.703. The van der Waals surface area contributed by atoms with E-state index < -0.39 is 0 Å². The number of thiophene rings is 1. The van der Waals surface area contributed by atoms with Crippen molar-refractivity contribution in [3.8, 4) is 0 Å². The maximum absolute atomic E-state index is 13.0. The number of carbonyl (C=O) groups is 2. The van der Waals surface area contributed by atoms with E-state index in [9.17, 15) is 9.59 Å². The molecule has 0 saturated carbocycles. The minimum atomic E-state index is -0.230. The third-order valence-corrected chi connectivity index (χ3v) is 5.93. The molecule has 2 amide bonds. The third kappa shape index (κ3) is 3.31. The predicted octanol–water partition coefficient (Wildman–Crippen LogP) is 5.08. The van der Waals surface area contributed by atoms with E-state index in [1.54, 1.807) is 0 Å². The average molecular weight is 372 g/mol. The monoisotopic (exact) mass is 371 g/mol. The fourth-order valence-electron chi connectivity index (χ4n) is 2.77. The SMILES string of the molecule is CCSC1=C(c2cccs2)C(=O)N(c2ccc(C(C)(C)C)cc2)C1=O. The second-order valence-electron chi connectivity index (χ2n) is 6.86. The first-order chi connectivity index (χ1) is 11.8. The fraction of sp³-hybridized carbons (Fsp3) is 0.300. The number of hydrogen-bond acceptors (Lipinski definition) is 4. The first-order valence-electron chi connectivity index (χ1n) is 8.25. The van der Waals surface area contributed by atoms with E-state index in [1.165, 1.54) is 33.6 Å². The number of amides is 2. The smallest absolute Gasteiger partial charge is 0.268 e. The molecule has 130 valence electrons. The highest BCUT2D eigenvalue weighted by Crippen LogP contribution is 2.40. The van der Waals surface area contributed by atoms with Crippen LogP contribution < -0.4 is 4.90 Å². The minimum absolute atomic E-state index is 0.0289. The topological polar surface area (TPSA) is 37.4 Å². The Balaban J connectivity index is 2.00. The van der Waals surface area contributed by atoms with Crippen molar-refractivity contribution < 1.29 is 9.59 Å². The van der Waals surface area contributed by atoms with Crippen LogP contribution in [-0.4, -0.2) is 17.6 Å². The molecule has 0 aliphatic carbocycles. The van der Waals surface area contributed by atoms with Gasteiger partial charge in [-0.2, -0.15) is 0 Å². The molecule has 5 heteroatoms. The molecule has 0 unspecified atom stereocenters. The molecular formula is C20H21NO2S2. The zero-order chi connectivity index (χ0) is 18.2. The molecule has 2 aromatic rings. The number of nitrogens with zero attached hydrogens (tertiary/aromatic N) is 1. The molecule has 2 heterocycles. The zero-order valence-corrected chi connectivity index (χ0v) is 16.5. The maximum atomic E-state index is 13.0. The van der Waals surface area contributed by atoms with Gasteiger partial charge in [0.2, 0.25) is 0 Å². The number of carbonyl (C=O) groups excluding carboxylic acids is 2. The Morgan fingerprint density at radius 1 is 1.04 bits per heavy atom. The van der Waals surface area contributed by atoms with Crippen molar-refractivity contribution in [2.45, 2.75) is 33.1 Å². The molecule has 0 saturated heterocycles. The van der Waals surface area contributed by atoms with Crippen molar-refractivity contribution in [2.24, 2.45) is 0 Å². The van der Waals surface area contributed by atoms with Gasteiger partial charge >= 0.3 is 0 Å². The summed E-state index contributed by atoms with van der Waals surface area (Å²) in [4.78, 5) is 28.7. The molecule has 1 aromatic heterocycles. The predicted molar refractivity (Wildman–Crippen MR) is 107 cm³/mol. The summed E-state index contributed by atoms with van der Waals surface area (Å²) in [6.45, 7) is 8.41. The Morgan fingerprint density at radius 2 is 1.72 bits per heavy atom. The van der Waals surface area contributed by atoms with Crippen LogP contribution in [0.5, 0.6) is 0 Å². The van der Waals surface area contributed by atoms with Gasteiger partial charge in [-0.1, -0.05) is 45.9 Å². The van der Waals surface area contributed by atoms with Crippen LogP contribution in [0, 0.1) is 0 Å². The number of benzene rings is 1. The van der Waals surface area contributed by atoms with E-state index in [0.29, 0.717) is 16.2 Å². The molecule has 0 spiro atoms. The van der Waals surface area contributed by atoms with Gasteiger partial charge in [0.25, 0.3) is 11.8 Å². The lowest BCUT2D eigenvalue weighted by molar-refractivity contribution is -0.119. The van der Waals surface area contributed by atoms with Gasteiger partial charge in [-0.3, -0.25) is 9.59 Å². The Hall–Kier alpha value is -1.85. The van der Waals surface area contributed by atoms with E-state index in [0.717, 1.165) is 10.6 Å². The lowest BCUT2D eigenvalue weighted by Crippen LogP contribution is -2.31. The van der Waals surface area contributed by atoms with Crippen molar-refractivity contribution in [2.75, 3.05) is 10.7 Å². The summed E-state index contributed by atoms with van der Waals surface area (Å²) in [5.41, 5.74) is 2.36. The molecule has 0 fully saturated rings. The van der Waals surface area contributed by atoms with Crippen LogP contribution in [0.15, 0.2) is 46.7 Å². The molecule has 3 nitrogen and oxygen atoms in total. The number of hydrogen-bond donors (Lipinski definition) is 0. The first kappa shape index (κ1) is 18.0. The highest BCUT2D eigenvalue weighted by molar-refractivity contribution is 8.04. The van der Waals surface area contributed by atoms with Crippen molar-refractivity contribution in [3.05, 3.63) is 57.1 Å². The molecule has 3 rings (SSSR count). The van der Waals surface area contributed by atoms with Gasteiger partial charge in [0.1, 0.15) is 0 Å². The third-order valence-electron chi connectivity index (χ3n) is 4.09. The molecule has 0 radical (unpaired) electrons. The van der Waals surface area contributed by atoms with Crippen LogP contribution in [0.3, 0.4) is 0 Å². The second-order valence-corrected chi connectivity index (χ2v) is 9.08. The molecule has 1 aliphatic heterocycles. The van der Waals surface area contributed by atoms with Crippen LogP contribution >= 0.6 is 23.1 Å². The minimum Gasteiger partial charge on any atom is -0.268 e. The fourth-order valence-corrected chi connectivity index (χ4v) is 4.45. The normalized spacial score (nSPS) is 15.4. The van der Waals surface area contributed by atoms with E-state index in [1.807, 2.05) is 48.7 Å². The summed E-state index contributed by atoms with van der Waals surface area (Å²) in [5.74, 6) is 0.302. The Labute approximate surface area is 156 Å². The Bertz CT molecular complexity index is 828. The van der Waals surface area contributed by atoms with Crippen LogP contribution in [0.2, 0.25) is 0 Å². The Kier molecular flexibility index (Phi) is 4.89. The highest BCUT2D eigenvalue weighted by Gasteiger charge is 2.40. The van der Waals surface area contributed by atoms with Gasteiger partial charge in [-0.05, 0) is 40.3 Å². The Morgan fingerprint density at radius 3 is 2.24 bits per heavy atom. The highest BCUT2D eigenvalue weighted by atomic mass is 32.2. The van der Waals surface area contributed by atoms with Crippen LogP contribution in [0.25, 0.3) is 5.57 Å². The van der Waals surface area contributed by atoms with Gasteiger partial charge in [0.05, 0.1) is 16.2 Å². The summed E-state index contributed by atoms with van der Waals surface area (Å²) in [7, 11) is 0. The summed E-state index contributed by atoms with van der Waals surface area (Å²) in [6.07, 6.45) is 0. The van der Waals surface area contributed by atoms with Gasteiger partial charge in [-0.25, -0.2) is 4.90 Å². The van der Waals surface area contributed by atoms with Crippen LogP contribution in [0.1, 0.15) is 38.1 Å². The lowest BCUT2D eigenvalue weighted by atomic mass is 9.87. The van der Waals surface area contributed by atoms with Crippen molar-refractivity contribution in [1.82, 2.24) is 0 Å². The van der Waals surface area contributed by atoms with Crippen molar-refractivity contribution in [1.29, 1.82) is 0 Å². The van der Waals surface area contributed by atoms with E-state index in [4.69, 9.17) is 0 Å². The lowest BCUT2D eigenvalue weighted by Gasteiger charge is -2.21. The molecular weight excluding hydrogens is 350 g/mol. The van der Waals surface area contributed by atoms with Crippen LogP contribution in [0.4, 0.5) is 5.69 Å². The van der Waals surface area contributed by atoms with E-state index >= 15 is 0 Å². The molecule has 0 bridgehead atoms. The first-order valence-corrected chi connectivity index (χ1v) is 10.1. The number of anilines is 1. The van der Waals surface area contributed by atoms with Crippen molar-refractivity contribution in [3.63, 3.8) is 0 Å². The molecule has 1 aliphatic rings. The number of rotatable bonds is 4. The summed E-state index contributed by atoms with van der Waals surface area (Å²) >= 11 is 2.92. The van der Waals surface area contributed by atoms with Gasteiger partial charge in [0, 0.05) is 4.88 Å². The zero-order valence-electron chi connectivity index (χ0n) is 14.8. The average Bonchev–Trinajstić information content (AvgIpc) is 3.15. The van der Waals surface area contributed by atoms with E-state index in [-0.39, 0.29) is 17.2 Å². The molecule has 25 heavy (non-hydrogen) atoms. The van der Waals surface area contributed by atoms with Gasteiger partial charge < -0.3 is 0 Å². The largest absolute Gasteiger partial charge is 0.272 e. The standard InChI is InChI=1S/C20H21NO2S2/c1-5-24-17-16(15-7-6-12-25-15)18(22)21(19(17)23)14-10-8-13(9-11-14)20(2,3)4/h6-12H,5H2,1-4H3. The summed E-state index contributed by atoms with van der Waals surface area (Å²) < 4.78 is 0. The summed E-state index contributed by atoms with van der Waals surface area (Å²) in [5, 5.41) is 1.93.